The van der Waals surface area contributed by atoms with Crippen LogP contribution in [-0.2, 0) is 5.75 Å². The molecule has 5 heteroatoms. The largest absolute Gasteiger partial charge is 0.326 e. The number of aromatic nitrogens is 2. The molecule has 1 heterocycles. The maximum absolute atomic E-state index is 11.7. The Kier molecular flexibility index (Phi) is 6.07. The second-order valence-corrected chi connectivity index (χ2v) is 6.65. The highest BCUT2D eigenvalue weighted by molar-refractivity contribution is 7.98. The number of H-pyrrole nitrogens is 1. The Morgan fingerprint density at radius 2 is 2.00 bits per heavy atom. The monoisotopic (exact) mass is 317 g/mol. The number of aromatic amines is 1. The van der Waals surface area contributed by atoms with Crippen LogP contribution in [0.25, 0.3) is 0 Å². The minimum absolute atomic E-state index is 0.131. The number of nitrogens with zero attached hydrogens (tertiary/aromatic N) is 1. The van der Waals surface area contributed by atoms with Crippen LogP contribution in [0.2, 0.25) is 0 Å². The summed E-state index contributed by atoms with van der Waals surface area (Å²) in [5.74, 6) is 2.93. The molecular formula is C17H23N3OS. The van der Waals surface area contributed by atoms with Crippen LogP contribution < -0.4 is 10.9 Å². The maximum atomic E-state index is 11.7. The van der Waals surface area contributed by atoms with Gasteiger partial charge in [0.25, 0.3) is 5.56 Å². The summed E-state index contributed by atoms with van der Waals surface area (Å²) in [7, 11) is 0. The van der Waals surface area contributed by atoms with Crippen LogP contribution >= 0.6 is 11.8 Å². The molecule has 2 aromatic rings. The number of benzene rings is 1. The lowest BCUT2D eigenvalue weighted by molar-refractivity contribution is 0.812. The zero-order valence-corrected chi connectivity index (χ0v) is 14.2. The molecule has 0 aliphatic heterocycles. The fourth-order valence-electron chi connectivity index (χ4n) is 1.99. The van der Waals surface area contributed by atoms with Gasteiger partial charge in [0.05, 0.1) is 5.69 Å². The third-order valence-corrected chi connectivity index (χ3v) is 4.42. The highest BCUT2D eigenvalue weighted by Gasteiger charge is 2.05. The van der Waals surface area contributed by atoms with Crippen LogP contribution in [-0.4, -0.2) is 15.7 Å². The van der Waals surface area contributed by atoms with Gasteiger partial charge in [-0.15, -0.1) is 0 Å². The molecule has 4 nitrogen and oxygen atoms in total. The molecule has 1 aromatic heterocycles. The molecule has 0 atom stereocenters. The zero-order valence-electron chi connectivity index (χ0n) is 13.3. The van der Waals surface area contributed by atoms with E-state index in [9.17, 15) is 4.79 Å². The van der Waals surface area contributed by atoms with E-state index >= 15 is 0 Å². The summed E-state index contributed by atoms with van der Waals surface area (Å²) < 4.78 is 0. The molecular weight excluding hydrogens is 294 g/mol. The molecule has 0 saturated carbocycles. The molecule has 1 aromatic carbocycles. The highest BCUT2D eigenvalue weighted by Crippen LogP contribution is 2.18. The summed E-state index contributed by atoms with van der Waals surface area (Å²) in [6, 6.07) is 9.79. The smallest absolute Gasteiger partial charge is 0.252 e. The van der Waals surface area contributed by atoms with E-state index in [2.05, 4.69) is 34.3 Å². The lowest BCUT2D eigenvalue weighted by atomic mass is 10.1. The van der Waals surface area contributed by atoms with Crippen molar-refractivity contribution in [2.75, 3.05) is 11.1 Å². The first-order valence-electron chi connectivity index (χ1n) is 7.63. The first-order valence-corrected chi connectivity index (χ1v) is 8.79. The average Bonchev–Trinajstić information content (AvgIpc) is 2.48. The molecule has 0 aliphatic carbocycles. The number of anilines is 2. The Balaban J connectivity index is 2.06. The first-order chi connectivity index (χ1) is 10.6. The van der Waals surface area contributed by atoms with Crippen molar-refractivity contribution in [1.29, 1.82) is 0 Å². The maximum Gasteiger partial charge on any atom is 0.252 e. The summed E-state index contributed by atoms with van der Waals surface area (Å²) in [5, 5.41) is 3.16. The summed E-state index contributed by atoms with van der Waals surface area (Å²) >= 11 is 1.94. The van der Waals surface area contributed by atoms with E-state index in [1.165, 1.54) is 17.7 Å². The van der Waals surface area contributed by atoms with Gasteiger partial charge in [0.15, 0.2) is 0 Å². The van der Waals surface area contributed by atoms with Gasteiger partial charge in [-0.25, -0.2) is 4.98 Å². The van der Waals surface area contributed by atoms with Gasteiger partial charge in [-0.3, -0.25) is 9.78 Å². The van der Waals surface area contributed by atoms with Gasteiger partial charge in [-0.2, -0.15) is 11.8 Å². The molecule has 0 fully saturated rings. The summed E-state index contributed by atoms with van der Waals surface area (Å²) in [5.41, 5.74) is 2.89. The lowest BCUT2D eigenvalue weighted by Crippen LogP contribution is -2.12. The molecule has 0 unspecified atom stereocenters. The van der Waals surface area contributed by atoms with Crippen molar-refractivity contribution in [3.8, 4) is 0 Å². The molecule has 0 radical (unpaired) electrons. The van der Waals surface area contributed by atoms with Gasteiger partial charge in [0.1, 0.15) is 0 Å². The SMILES string of the molecule is CCCSCc1ccc(Nc2nc(C(C)C)cc(=O)[nH]2)cc1. The van der Waals surface area contributed by atoms with Gasteiger partial charge < -0.3 is 5.32 Å². The Bertz CT molecular complexity index is 650. The Labute approximate surface area is 135 Å². The van der Waals surface area contributed by atoms with Crippen LogP contribution in [0.5, 0.6) is 0 Å². The highest BCUT2D eigenvalue weighted by atomic mass is 32.2. The van der Waals surface area contributed by atoms with E-state index in [-0.39, 0.29) is 11.5 Å². The van der Waals surface area contributed by atoms with Gasteiger partial charge >= 0.3 is 0 Å². The quantitative estimate of drug-likeness (QED) is 0.748. The number of hydrogen-bond donors (Lipinski definition) is 2. The topological polar surface area (TPSA) is 57.8 Å². The van der Waals surface area contributed by atoms with Gasteiger partial charge in [0.2, 0.25) is 5.95 Å². The number of hydrogen-bond acceptors (Lipinski definition) is 4. The van der Waals surface area contributed by atoms with Crippen LogP contribution in [0.4, 0.5) is 11.6 Å². The van der Waals surface area contributed by atoms with E-state index in [1.807, 2.05) is 37.7 Å². The van der Waals surface area contributed by atoms with Crippen molar-refractivity contribution in [3.05, 3.63) is 51.9 Å². The van der Waals surface area contributed by atoms with E-state index in [0.717, 1.165) is 17.1 Å². The van der Waals surface area contributed by atoms with Crippen molar-refractivity contribution >= 4 is 23.4 Å². The third-order valence-electron chi connectivity index (χ3n) is 3.19. The molecule has 0 aliphatic rings. The van der Waals surface area contributed by atoms with Crippen molar-refractivity contribution in [1.82, 2.24) is 9.97 Å². The Morgan fingerprint density at radius 1 is 1.27 bits per heavy atom. The van der Waals surface area contributed by atoms with E-state index < -0.39 is 0 Å². The second kappa shape index (κ2) is 8.03. The minimum atomic E-state index is -0.131. The predicted octanol–water partition coefficient (Wildman–Crippen LogP) is 4.28. The summed E-state index contributed by atoms with van der Waals surface area (Å²) in [6.45, 7) is 6.24. The molecule has 0 bridgehead atoms. The summed E-state index contributed by atoms with van der Waals surface area (Å²) in [6.07, 6.45) is 1.20. The molecule has 22 heavy (non-hydrogen) atoms. The van der Waals surface area contributed by atoms with Gasteiger partial charge in [-0.1, -0.05) is 32.9 Å². The second-order valence-electron chi connectivity index (χ2n) is 5.55. The Morgan fingerprint density at radius 3 is 2.64 bits per heavy atom. The van der Waals surface area contributed by atoms with E-state index in [1.54, 1.807) is 6.07 Å². The Hall–Kier alpha value is -1.75. The fraction of sp³-hybridized carbons (Fsp3) is 0.412. The van der Waals surface area contributed by atoms with Gasteiger partial charge in [0, 0.05) is 17.5 Å². The predicted molar refractivity (Wildman–Crippen MR) is 95.1 cm³/mol. The first kappa shape index (κ1) is 16.6. The molecule has 0 spiro atoms. The molecule has 0 saturated heterocycles. The number of thioether (sulfide) groups is 1. The van der Waals surface area contributed by atoms with Crippen LogP contribution in [0, 0.1) is 0 Å². The molecule has 2 N–H and O–H groups in total. The van der Waals surface area contributed by atoms with Gasteiger partial charge in [-0.05, 0) is 35.8 Å². The van der Waals surface area contributed by atoms with Crippen molar-refractivity contribution in [2.24, 2.45) is 0 Å². The normalized spacial score (nSPS) is 10.9. The van der Waals surface area contributed by atoms with Crippen molar-refractivity contribution in [3.63, 3.8) is 0 Å². The molecule has 2 rings (SSSR count). The standard InChI is InChI=1S/C17H23N3OS/c1-4-9-22-11-13-5-7-14(8-6-13)18-17-19-15(12(2)3)10-16(21)20-17/h5-8,10,12H,4,9,11H2,1-3H3,(H2,18,19,20,21). The van der Waals surface area contributed by atoms with Crippen LogP contribution in [0.15, 0.2) is 35.1 Å². The minimum Gasteiger partial charge on any atom is -0.326 e. The third kappa shape index (κ3) is 4.91. The number of nitrogens with one attached hydrogen (secondary N) is 2. The number of rotatable bonds is 7. The van der Waals surface area contributed by atoms with E-state index in [0.29, 0.717) is 5.95 Å². The van der Waals surface area contributed by atoms with Crippen LogP contribution in [0.3, 0.4) is 0 Å². The van der Waals surface area contributed by atoms with Crippen molar-refractivity contribution in [2.45, 2.75) is 38.9 Å². The zero-order chi connectivity index (χ0) is 15.9. The molecule has 118 valence electrons. The average molecular weight is 317 g/mol. The summed E-state index contributed by atoms with van der Waals surface area (Å²) in [4.78, 5) is 18.8. The van der Waals surface area contributed by atoms with Crippen LogP contribution in [0.1, 0.15) is 44.4 Å². The lowest BCUT2D eigenvalue weighted by Gasteiger charge is -2.09. The molecule has 0 amide bonds. The van der Waals surface area contributed by atoms with E-state index in [4.69, 9.17) is 0 Å². The van der Waals surface area contributed by atoms with Crippen molar-refractivity contribution < 1.29 is 0 Å². The fourth-order valence-corrected chi connectivity index (χ4v) is 2.85.